The number of aliphatic hydroxyl groups is 1. The number of hydrogen-bond acceptors (Lipinski definition) is 6. The number of piperazine rings is 1. The summed E-state index contributed by atoms with van der Waals surface area (Å²) in [5.41, 5.74) is 3.60. The number of amides is 1. The Morgan fingerprint density at radius 3 is 2.76 bits per heavy atom. The number of nitrogens with one attached hydrogen (secondary N) is 1. The predicted molar refractivity (Wildman–Crippen MR) is 129 cm³/mol. The minimum atomic E-state index is -0.237. The van der Waals surface area contributed by atoms with Gasteiger partial charge in [-0.25, -0.2) is 4.68 Å². The van der Waals surface area contributed by atoms with Crippen LogP contribution in [-0.2, 0) is 4.79 Å². The molecule has 8 nitrogen and oxygen atoms in total. The molecule has 1 aromatic heterocycles. The molecule has 33 heavy (non-hydrogen) atoms. The zero-order chi connectivity index (χ0) is 23.1. The maximum absolute atomic E-state index is 12.7. The molecule has 2 saturated heterocycles. The molecular weight excluding hydrogens is 463 g/mol. The fraction of sp³-hybridized carbons (Fsp3) is 0.435. The molecule has 10 heteroatoms. The highest BCUT2D eigenvalue weighted by molar-refractivity contribution is 6.35. The third-order valence-corrected chi connectivity index (χ3v) is 7.26. The summed E-state index contributed by atoms with van der Waals surface area (Å²) in [7, 11) is 0. The monoisotopic (exact) mass is 488 g/mol. The summed E-state index contributed by atoms with van der Waals surface area (Å²) in [4.78, 5) is 16.8. The minimum Gasteiger partial charge on any atom is -0.394 e. The van der Waals surface area contributed by atoms with E-state index in [-0.39, 0.29) is 30.6 Å². The quantitative estimate of drug-likeness (QED) is 0.574. The molecule has 0 saturated carbocycles. The first kappa shape index (κ1) is 22.4. The Balaban J connectivity index is 1.40. The van der Waals surface area contributed by atoms with Gasteiger partial charge >= 0.3 is 0 Å². The van der Waals surface area contributed by atoms with Crippen molar-refractivity contribution < 1.29 is 9.90 Å². The van der Waals surface area contributed by atoms with E-state index < -0.39 is 0 Å². The Kier molecular flexibility index (Phi) is 6.18. The molecule has 2 aromatic carbocycles. The lowest BCUT2D eigenvalue weighted by Gasteiger charge is -2.44. The number of fused-ring (bicyclic) bond motifs is 1. The molecule has 5 rings (SSSR count). The molecule has 2 N–H and O–H groups in total. The average Bonchev–Trinajstić information content (AvgIpc) is 3.20. The van der Waals surface area contributed by atoms with Gasteiger partial charge in [-0.15, -0.1) is 5.10 Å². The van der Waals surface area contributed by atoms with Crippen LogP contribution < -0.4 is 10.2 Å². The Bertz CT molecular complexity index is 1180. The second-order valence-electron chi connectivity index (χ2n) is 8.66. The lowest BCUT2D eigenvalue weighted by Crippen LogP contribution is -2.63. The summed E-state index contributed by atoms with van der Waals surface area (Å²) in [6, 6.07) is 11.0. The topological polar surface area (TPSA) is 86.5 Å². The van der Waals surface area contributed by atoms with E-state index in [9.17, 15) is 9.90 Å². The largest absolute Gasteiger partial charge is 0.394 e. The Morgan fingerprint density at radius 2 is 2.06 bits per heavy atom. The molecule has 0 aliphatic carbocycles. The summed E-state index contributed by atoms with van der Waals surface area (Å²) < 4.78 is 1.86. The lowest BCUT2D eigenvalue weighted by atomic mass is 10.0. The third kappa shape index (κ3) is 4.17. The number of aliphatic hydroxyl groups excluding tert-OH is 1. The molecule has 2 fully saturated rings. The zero-order valence-corrected chi connectivity index (χ0v) is 19.8. The molecule has 3 aromatic rings. The van der Waals surface area contributed by atoms with E-state index in [4.69, 9.17) is 23.2 Å². The molecular formula is C23H26Cl2N6O2. The summed E-state index contributed by atoms with van der Waals surface area (Å²) >= 11 is 12.5. The van der Waals surface area contributed by atoms with Crippen LogP contribution >= 0.6 is 23.2 Å². The Hall–Kier alpha value is -2.39. The van der Waals surface area contributed by atoms with Crippen molar-refractivity contribution in [3.05, 3.63) is 52.0 Å². The smallest absolute Gasteiger partial charge is 0.240 e. The molecule has 2 unspecified atom stereocenters. The van der Waals surface area contributed by atoms with Crippen LogP contribution in [0.5, 0.6) is 0 Å². The van der Waals surface area contributed by atoms with Gasteiger partial charge in [0.2, 0.25) is 5.91 Å². The standard InChI is InChI=1S/C23H26Cl2N6O2/c1-14(18-4-2-15(24)10-19(18)25)31-22-11-16(3-5-20(22)27-28-31)29-8-9-30(17(12-29)13-32)23(33)21-6-7-26-21/h2-5,10-11,14,17,21,26,32H,6-9,12-13H2,1H3/t14?,17?,21-/m1/s1. The van der Waals surface area contributed by atoms with E-state index in [0.29, 0.717) is 29.7 Å². The molecule has 1 amide bonds. The molecule has 174 valence electrons. The van der Waals surface area contributed by atoms with Crippen LogP contribution in [0.25, 0.3) is 11.0 Å². The van der Waals surface area contributed by atoms with Gasteiger partial charge in [0.05, 0.1) is 30.2 Å². The van der Waals surface area contributed by atoms with Gasteiger partial charge in [0.1, 0.15) is 5.52 Å². The Morgan fingerprint density at radius 1 is 1.24 bits per heavy atom. The van der Waals surface area contributed by atoms with Crippen molar-refractivity contribution in [1.29, 1.82) is 0 Å². The van der Waals surface area contributed by atoms with Crippen LogP contribution in [0.15, 0.2) is 36.4 Å². The molecule has 2 aliphatic rings. The number of carbonyl (C=O) groups is 1. The second-order valence-corrected chi connectivity index (χ2v) is 9.50. The van der Waals surface area contributed by atoms with E-state index in [0.717, 1.165) is 35.2 Å². The summed E-state index contributed by atoms with van der Waals surface area (Å²) in [6.45, 7) is 4.68. The molecule has 0 bridgehead atoms. The fourth-order valence-corrected chi connectivity index (χ4v) is 5.18. The van der Waals surface area contributed by atoms with Crippen LogP contribution in [0, 0.1) is 0 Å². The van der Waals surface area contributed by atoms with Crippen molar-refractivity contribution >= 4 is 45.8 Å². The number of halogens is 2. The van der Waals surface area contributed by atoms with Crippen molar-refractivity contribution in [2.45, 2.75) is 31.5 Å². The van der Waals surface area contributed by atoms with Gasteiger partial charge in [0.15, 0.2) is 0 Å². The van der Waals surface area contributed by atoms with Gasteiger partial charge in [-0.3, -0.25) is 4.79 Å². The van der Waals surface area contributed by atoms with E-state index in [1.54, 1.807) is 6.07 Å². The van der Waals surface area contributed by atoms with Crippen molar-refractivity contribution in [2.24, 2.45) is 0 Å². The fourth-order valence-electron chi connectivity index (χ4n) is 4.62. The van der Waals surface area contributed by atoms with E-state index in [1.807, 2.05) is 40.8 Å². The van der Waals surface area contributed by atoms with Crippen LogP contribution in [0.2, 0.25) is 10.0 Å². The number of aromatic nitrogens is 3. The van der Waals surface area contributed by atoms with Gasteiger partial charge in [-0.2, -0.15) is 0 Å². The third-order valence-electron chi connectivity index (χ3n) is 6.70. The van der Waals surface area contributed by atoms with Gasteiger partial charge in [0.25, 0.3) is 0 Å². The normalized spacial score (nSPS) is 21.8. The minimum absolute atomic E-state index is 0.0667. The van der Waals surface area contributed by atoms with Crippen molar-refractivity contribution in [3.8, 4) is 0 Å². The van der Waals surface area contributed by atoms with Gasteiger partial charge in [0, 0.05) is 35.4 Å². The molecule has 3 atom stereocenters. The molecule has 0 radical (unpaired) electrons. The molecule has 3 heterocycles. The first-order valence-corrected chi connectivity index (χ1v) is 11.9. The highest BCUT2D eigenvalue weighted by atomic mass is 35.5. The van der Waals surface area contributed by atoms with Gasteiger partial charge in [-0.1, -0.05) is 34.5 Å². The van der Waals surface area contributed by atoms with Crippen LogP contribution in [-0.4, -0.2) is 75.8 Å². The zero-order valence-electron chi connectivity index (χ0n) is 18.3. The lowest BCUT2D eigenvalue weighted by molar-refractivity contribution is -0.139. The maximum atomic E-state index is 12.7. The number of carbonyl (C=O) groups excluding carboxylic acids is 1. The second kappa shape index (κ2) is 9.10. The maximum Gasteiger partial charge on any atom is 0.240 e. The predicted octanol–water partition coefficient (Wildman–Crippen LogP) is 2.72. The van der Waals surface area contributed by atoms with E-state index >= 15 is 0 Å². The number of nitrogens with zero attached hydrogens (tertiary/aromatic N) is 5. The van der Waals surface area contributed by atoms with Gasteiger partial charge < -0.3 is 20.2 Å². The first-order valence-electron chi connectivity index (χ1n) is 11.2. The van der Waals surface area contributed by atoms with Crippen molar-refractivity contribution in [2.75, 3.05) is 37.7 Å². The SMILES string of the molecule is CC(c1ccc(Cl)cc1Cl)n1nnc2ccc(N3CCN(C(=O)[C@H]4CCN4)C(CO)C3)cc21. The van der Waals surface area contributed by atoms with E-state index in [2.05, 4.69) is 26.6 Å². The number of anilines is 1. The van der Waals surface area contributed by atoms with Crippen LogP contribution in [0.1, 0.15) is 24.9 Å². The van der Waals surface area contributed by atoms with E-state index in [1.165, 1.54) is 0 Å². The molecule has 2 aliphatic heterocycles. The highest BCUT2D eigenvalue weighted by Crippen LogP contribution is 2.31. The first-order chi connectivity index (χ1) is 16.0. The van der Waals surface area contributed by atoms with Crippen molar-refractivity contribution in [1.82, 2.24) is 25.2 Å². The number of rotatable bonds is 5. The summed E-state index contributed by atoms with van der Waals surface area (Å²) in [5, 5.41) is 23.0. The van der Waals surface area contributed by atoms with Crippen LogP contribution in [0.4, 0.5) is 5.69 Å². The summed E-state index contributed by atoms with van der Waals surface area (Å²) in [5.74, 6) is 0.0892. The molecule has 0 spiro atoms. The Labute approximate surface area is 202 Å². The highest BCUT2D eigenvalue weighted by Gasteiger charge is 2.36. The average molecular weight is 489 g/mol. The van der Waals surface area contributed by atoms with Crippen molar-refractivity contribution in [3.63, 3.8) is 0 Å². The summed E-state index contributed by atoms with van der Waals surface area (Å²) in [6.07, 6.45) is 0.862. The van der Waals surface area contributed by atoms with Gasteiger partial charge in [-0.05, 0) is 55.8 Å². The number of hydrogen-bond donors (Lipinski definition) is 2. The number of benzene rings is 2. The van der Waals surface area contributed by atoms with Crippen LogP contribution in [0.3, 0.4) is 0 Å².